The second-order valence-corrected chi connectivity index (χ2v) is 4.10. The molecule has 3 rings (SSSR count). The van der Waals surface area contributed by atoms with Crippen molar-refractivity contribution in [2.24, 2.45) is 0 Å². The maximum atomic E-state index is 4.06. The summed E-state index contributed by atoms with van der Waals surface area (Å²) in [6.07, 6.45) is 1.70. The first-order valence-corrected chi connectivity index (χ1v) is 6.50. The number of alkyl halides is 1. The van der Waals surface area contributed by atoms with Gasteiger partial charge >= 0.3 is 0 Å². The molecule has 0 atom stereocenters. The first-order chi connectivity index (χ1) is 8.40. The van der Waals surface area contributed by atoms with Crippen molar-refractivity contribution in [3.63, 3.8) is 0 Å². The van der Waals surface area contributed by atoms with Crippen LogP contribution in [0.1, 0.15) is 5.56 Å². The number of imidazole rings is 1. The number of nitrogens with zero attached hydrogens (tertiary/aromatic N) is 1. The molecule has 86 valence electrons. The number of para-hydroxylation sites is 2. The molecule has 3 aromatic rings. The van der Waals surface area contributed by atoms with E-state index < -0.39 is 0 Å². The van der Waals surface area contributed by atoms with Crippen LogP contribution in [0.4, 0.5) is 0 Å². The van der Waals surface area contributed by atoms with Crippen LogP contribution in [-0.2, 0) is 5.33 Å². The van der Waals surface area contributed by atoms with Gasteiger partial charge in [0.2, 0.25) is 0 Å². The molecule has 3 heteroatoms. The summed E-state index contributed by atoms with van der Waals surface area (Å²) < 4.78 is 0. The van der Waals surface area contributed by atoms with Crippen LogP contribution in [0.5, 0.6) is 0 Å². The lowest BCUT2D eigenvalue weighted by molar-refractivity contribution is 1.34. The zero-order chi connectivity index (χ0) is 11.9. The van der Waals surface area contributed by atoms with Gasteiger partial charge in [0, 0.05) is 5.33 Å². The molecule has 2 aromatic carbocycles. The number of benzene rings is 2. The highest BCUT2D eigenvalue weighted by Crippen LogP contribution is 2.05. The summed E-state index contributed by atoms with van der Waals surface area (Å²) in [5, 5.41) is 0.952. The quantitative estimate of drug-likeness (QED) is 0.670. The smallest absolute Gasteiger partial charge is 0.0931 e. The standard InChI is InChI=1S/C7H7Br.C7H6N2/c8-6-7-4-2-1-3-5-7;1-2-4-7-6(3-1)8-5-9-7/h1-5H,6H2;1-5H,(H,8,9). The maximum Gasteiger partial charge on any atom is 0.0931 e. The van der Waals surface area contributed by atoms with Gasteiger partial charge in [-0.1, -0.05) is 58.4 Å². The molecule has 0 fully saturated rings. The van der Waals surface area contributed by atoms with Gasteiger partial charge in [0.25, 0.3) is 0 Å². The number of nitrogens with one attached hydrogen (secondary N) is 1. The third-order valence-corrected chi connectivity index (χ3v) is 2.97. The molecule has 0 aliphatic carbocycles. The molecule has 0 saturated carbocycles. The van der Waals surface area contributed by atoms with E-state index in [2.05, 4.69) is 38.0 Å². The van der Waals surface area contributed by atoms with Crippen molar-refractivity contribution < 1.29 is 0 Å². The van der Waals surface area contributed by atoms with Crippen molar-refractivity contribution in [2.75, 3.05) is 0 Å². The normalized spacial score (nSPS) is 9.71. The highest BCUT2D eigenvalue weighted by molar-refractivity contribution is 9.08. The molecule has 2 nitrogen and oxygen atoms in total. The lowest BCUT2D eigenvalue weighted by Crippen LogP contribution is -1.70. The summed E-state index contributed by atoms with van der Waals surface area (Å²) in [4.78, 5) is 7.07. The maximum absolute atomic E-state index is 4.06. The van der Waals surface area contributed by atoms with Crippen molar-refractivity contribution >= 4 is 27.0 Å². The molecule has 0 saturated heterocycles. The molecule has 0 aliphatic heterocycles. The van der Waals surface area contributed by atoms with Gasteiger partial charge in [0.1, 0.15) is 0 Å². The second-order valence-electron chi connectivity index (χ2n) is 3.54. The Balaban J connectivity index is 0.000000128. The molecule has 0 unspecified atom stereocenters. The molecule has 1 N–H and O–H groups in total. The predicted molar refractivity (Wildman–Crippen MR) is 75.2 cm³/mol. The highest BCUT2D eigenvalue weighted by atomic mass is 79.9. The van der Waals surface area contributed by atoms with Crippen LogP contribution < -0.4 is 0 Å². The molecule has 0 amide bonds. The highest BCUT2D eigenvalue weighted by Gasteiger charge is 1.88. The number of rotatable bonds is 1. The van der Waals surface area contributed by atoms with Gasteiger partial charge < -0.3 is 4.98 Å². The number of aromatic nitrogens is 2. The van der Waals surface area contributed by atoms with Crippen molar-refractivity contribution in [3.8, 4) is 0 Å². The third kappa shape index (κ3) is 3.43. The van der Waals surface area contributed by atoms with Crippen LogP contribution >= 0.6 is 15.9 Å². The van der Waals surface area contributed by atoms with Gasteiger partial charge in [-0.05, 0) is 17.7 Å². The average molecular weight is 289 g/mol. The second kappa shape index (κ2) is 6.21. The molecule has 0 spiro atoms. The summed E-state index contributed by atoms with van der Waals surface area (Å²) >= 11 is 3.36. The van der Waals surface area contributed by atoms with E-state index in [0.717, 1.165) is 16.4 Å². The summed E-state index contributed by atoms with van der Waals surface area (Å²) in [6.45, 7) is 0. The third-order valence-electron chi connectivity index (χ3n) is 2.32. The molecular weight excluding hydrogens is 276 g/mol. The zero-order valence-electron chi connectivity index (χ0n) is 9.31. The van der Waals surface area contributed by atoms with Gasteiger partial charge in [-0.3, -0.25) is 0 Å². The predicted octanol–water partition coefficient (Wildman–Crippen LogP) is 4.14. The molecule has 1 heterocycles. The Morgan fingerprint density at radius 3 is 2.29 bits per heavy atom. The molecular formula is C14H13BrN2. The number of aromatic amines is 1. The van der Waals surface area contributed by atoms with Crippen molar-refractivity contribution in [1.29, 1.82) is 0 Å². The van der Waals surface area contributed by atoms with E-state index in [9.17, 15) is 0 Å². The minimum absolute atomic E-state index is 0.952. The molecule has 0 radical (unpaired) electrons. The van der Waals surface area contributed by atoms with E-state index in [4.69, 9.17) is 0 Å². The minimum Gasteiger partial charge on any atom is -0.345 e. The summed E-state index contributed by atoms with van der Waals surface area (Å²) in [7, 11) is 0. The largest absolute Gasteiger partial charge is 0.345 e. The fraction of sp³-hybridized carbons (Fsp3) is 0.0714. The monoisotopic (exact) mass is 288 g/mol. The molecule has 0 bridgehead atoms. The van der Waals surface area contributed by atoms with Gasteiger partial charge in [-0.15, -0.1) is 0 Å². The fourth-order valence-corrected chi connectivity index (χ4v) is 1.82. The van der Waals surface area contributed by atoms with E-state index in [1.54, 1.807) is 6.33 Å². The van der Waals surface area contributed by atoms with Gasteiger partial charge in [-0.2, -0.15) is 0 Å². The van der Waals surface area contributed by atoms with Crippen LogP contribution in [0.25, 0.3) is 11.0 Å². The van der Waals surface area contributed by atoms with Crippen LogP contribution in [0.3, 0.4) is 0 Å². The van der Waals surface area contributed by atoms with E-state index in [0.29, 0.717) is 0 Å². The molecule has 0 aliphatic rings. The average Bonchev–Trinajstić information content (AvgIpc) is 2.89. The van der Waals surface area contributed by atoms with Crippen LogP contribution in [0.2, 0.25) is 0 Å². The number of hydrogen-bond acceptors (Lipinski definition) is 1. The number of H-pyrrole nitrogens is 1. The van der Waals surface area contributed by atoms with Crippen molar-refractivity contribution in [3.05, 3.63) is 66.5 Å². The van der Waals surface area contributed by atoms with Gasteiger partial charge in [0.05, 0.1) is 17.4 Å². The van der Waals surface area contributed by atoms with Crippen LogP contribution in [0.15, 0.2) is 60.9 Å². The number of hydrogen-bond donors (Lipinski definition) is 1. The molecule has 1 aromatic heterocycles. The Kier molecular flexibility index (Phi) is 4.33. The summed E-state index contributed by atoms with van der Waals surface area (Å²) in [5.74, 6) is 0. The van der Waals surface area contributed by atoms with Crippen LogP contribution in [-0.4, -0.2) is 9.97 Å². The zero-order valence-corrected chi connectivity index (χ0v) is 10.9. The first kappa shape index (κ1) is 11.9. The van der Waals surface area contributed by atoms with Crippen LogP contribution in [0, 0.1) is 0 Å². The van der Waals surface area contributed by atoms with E-state index >= 15 is 0 Å². The van der Waals surface area contributed by atoms with Gasteiger partial charge in [0.15, 0.2) is 0 Å². The summed E-state index contributed by atoms with van der Waals surface area (Å²) in [6, 6.07) is 18.2. The van der Waals surface area contributed by atoms with E-state index in [-0.39, 0.29) is 0 Å². The van der Waals surface area contributed by atoms with E-state index in [1.165, 1.54) is 5.56 Å². The Labute approximate surface area is 109 Å². The lowest BCUT2D eigenvalue weighted by Gasteiger charge is -1.88. The Hall–Kier alpha value is -1.61. The first-order valence-electron chi connectivity index (χ1n) is 5.38. The SMILES string of the molecule is BrCc1ccccc1.c1ccc2[nH]cnc2c1. The summed E-state index contributed by atoms with van der Waals surface area (Å²) in [5.41, 5.74) is 3.45. The van der Waals surface area contributed by atoms with Crippen molar-refractivity contribution in [1.82, 2.24) is 9.97 Å². The lowest BCUT2D eigenvalue weighted by atomic mass is 10.2. The Morgan fingerprint density at radius 1 is 0.941 bits per heavy atom. The number of halogens is 1. The molecule has 17 heavy (non-hydrogen) atoms. The number of fused-ring (bicyclic) bond motifs is 1. The Morgan fingerprint density at radius 2 is 1.65 bits per heavy atom. The van der Waals surface area contributed by atoms with Gasteiger partial charge in [-0.25, -0.2) is 4.98 Å². The fourth-order valence-electron chi connectivity index (χ4n) is 1.45. The van der Waals surface area contributed by atoms with Crippen molar-refractivity contribution in [2.45, 2.75) is 5.33 Å². The van der Waals surface area contributed by atoms with E-state index in [1.807, 2.05) is 42.5 Å². The topological polar surface area (TPSA) is 28.7 Å². The Bertz CT molecular complexity index is 530. The minimum atomic E-state index is 0.952.